The van der Waals surface area contributed by atoms with Gasteiger partial charge in [-0.2, -0.15) is 0 Å². The summed E-state index contributed by atoms with van der Waals surface area (Å²) in [6, 6.07) is 27.1. The molecule has 3 aromatic carbocycles. The van der Waals surface area contributed by atoms with Crippen LogP contribution in [0.25, 0.3) is 0 Å². The number of rotatable bonds is 7. The molecule has 0 unspecified atom stereocenters. The molecule has 0 heterocycles. The van der Waals surface area contributed by atoms with E-state index in [1.165, 1.54) is 0 Å². The Balaban J connectivity index is 1.94. The van der Waals surface area contributed by atoms with Crippen molar-refractivity contribution in [1.82, 2.24) is 5.32 Å². The van der Waals surface area contributed by atoms with E-state index < -0.39 is 17.4 Å². The second kappa shape index (κ2) is 8.53. The van der Waals surface area contributed by atoms with Gasteiger partial charge in [0.15, 0.2) is 0 Å². The van der Waals surface area contributed by atoms with Gasteiger partial charge in [-0.3, -0.25) is 4.79 Å². The van der Waals surface area contributed by atoms with Crippen LogP contribution in [0.15, 0.2) is 91.0 Å². The largest absolute Gasteiger partial charge is 0.480 e. The minimum Gasteiger partial charge on any atom is -0.480 e. The second-order valence-corrected chi connectivity index (χ2v) is 6.91. The lowest BCUT2D eigenvalue weighted by molar-refractivity contribution is -0.142. The summed E-state index contributed by atoms with van der Waals surface area (Å²) >= 11 is 0. The Labute approximate surface area is 164 Å². The summed E-state index contributed by atoms with van der Waals surface area (Å²) in [6.07, 6.45) is 0.224. The van der Waals surface area contributed by atoms with Gasteiger partial charge >= 0.3 is 5.97 Å². The average molecular weight is 373 g/mol. The predicted molar refractivity (Wildman–Crippen MR) is 109 cm³/mol. The molecule has 0 saturated heterocycles. The molecular weight excluding hydrogens is 350 g/mol. The summed E-state index contributed by atoms with van der Waals surface area (Å²) in [7, 11) is 0. The summed E-state index contributed by atoms with van der Waals surface area (Å²) in [4.78, 5) is 25.2. The highest BCUT2D eigenvalue weighted by atomic mass is 16.4. The molecule has 0 bridgehead atoms. The standard InChI is InChI=1S/C24H23NO3/c1-24(19-13-7-3-8-14-19,20-15-9-4-10-16-20)23(28)25-21(22(26)27)17-18-11-5-2-6-12-18/h2-16,21H,17H2,1H3,(H,25,28)(H,26,27)/t21-/m0/s1. The maximum atomic E-state index is 13.4. The summed E-state index contributed by atoms with van der Waals surface area (Å²) in [5.74, 6) is -1.39. The molecule has 4 nitrogen and oxygen atoms in total. The zero-order valence-electron chi connectivity index (χ0n) is 15.7. The Hall–Kier alpha value is -3.40. The zero-order chi connectivity index (χ0) is 20.0. The lowest BCUT2D eigenvalue weighted by atomic mass is 9.75. The number of hydrogen-bond donors (Lipinski definition) is 2. The third-order valence-corrected chi connectivity index (χ3v) is 5.04. The molecule has 3 rings (SSSR count). The lowest BCUT2D eigenvalue weighted by Gasteiger charge is -2.31. The van der Waals surface area contributed by atoms with Gasteiger partial charge in [0.1, 0.15) is 6.04 Å². The van der Waals surface area contributed by atoms with Gasteiger partial charge in [0.25, 0.3) is 0 Å². The van der Waals surface area contributed by atoms with Crippen molar-refractivity contribution in [2.24, 2.45) is 0 Å². The smallest absolute Gasteiger partial charge is 0.326 e. The predicted octanol–water partition coefficient (Wildman–Crippen LogP) is 3.80. The summed E-state index contributed by atoms with van der Waals surface area (Å²) in [5, 5.41) is 12.4. The third-order valence-electron chi connectivity index (χ3n) is 5.04. The zero-order valence-corrected chi connectivity index (χ0v) is 15.7. The van der Waals surface area contributed by atoms with E-state index in [1.807, 2.05) is 97.9 Å². The average Bonchev–Trinajstić information content (AvgIpc) is 2.74. The molecule has 3 aromatic rings. The van der Waals surface area contributed by atoms with Crippen LogP contribution < -0.4 is 5.32 Å². The van der Waals surface area contributed by atoms with Crippen LogP contribution in [0.4, 0.5) is 0 Å². The second-order valence-electron chi connectivity index (χ2n) is 6.91. The van der Waals surface area contributed by atoms with Crippen LogP contribution >= 0.6 is 0 Å². The van der Waals surface area contributed by atoms with E-state index in [1.54, 1.807) is 0 Å². The topological polar surface area (TPSA) is 66.4 Å². The first-order valence-electron chi connectivity index (χ1n) is 9.20. The highest BCUT2D eigenvalue weighted by molar-refractivity contribution is 5.94. The Morgan fingerprint density at radius 3 is 1.68 bits per heavy atom. The van der Waals surface area contributed by atoms with E-state index in [0.717, 1.165) is 16.7 Å². The van der Waals surface area contributed by atoms with E-state index in [-0.39, 0.29) is 12.3 Å². The molecular formula is C24H23NO3. The van der Waals surface area contributed by atoms with Crippen LogP contribution in [-0.4, -0.2) is 23.0 Å². The number of carbonyl (C=O) groups is 2. The fraction of sp³-hybridized carbons (Fsp3) is 0.167. The van der Waals surface area contributed by atoms with Gasteiger partial charge in [0, 0.05) is 6.42 Å². The summed E-state index contributed by atoms with van der Waals surface area (Å²) in [6.45, 7) is 1.83. The number of carboxylic acids is 1. The Kier molecular flexibility index (Phi) is 5.90. The van der Waals surface area contributed by atoms with E-state index >= 15 is 0 Å². The summed E-state index contributed by atoms with van der Waals surface area (Å²) in [5.41, 5.74) is 1.47. The van der Waals surface area contributed by atoms with Crippen molar-refractivity contribution in [2.75, 3.05) is 0 Å². The van der Waals surface area contributed by atoms with Crippen LogP contribution in [0.3, 0.4) is 0 Å². The molecule has 0 radical (unpaired) electrons. The van der Waals surface area contributed by atoms with Crippen molar-refractivity contribution in [3.05, 3.63) is 108 Å². The normalized spacial score (nSPS) is 12.2. The van der Waals surface area contributed by atoms with Crippen LogP contribution in [0.2, 0.25) is 0 Å². The molecule has 28 heavy (non-hydrogen) atoms. The van der Waals surface area contributed by atoms with Gasteiger partial charge in [-0.1, -0.05) is 91.0 Å². The van der Waals surface area contributed by atoms with Crippen molar-refractivity contribution in [3.8, 4) is 0 Å². The monoisotopic (exact) mass is 373 g/mol. The Bertz CT molecular complexity index is 884. The maximum Gasteiger partial charge on any atom is 0.326 e. The van der Waals surface area contributed by atoms with Crippen molar-refractivity contribution < 1.29 is 14.7 Å². The highest BCUT2D eigenvalue weighted by Gasteiger charge is 2.38. The number of carbonyl (C=O) groups excluding carboxylic acids is 1. The van der Waals surface area contributed by atoms with Gasteiger partial charge in [0.05, 0.1) is 5.41 Å². The number of nitrogens with one attached hydrogen (secondary N) is 1. The first-order valence-corrected chi connectivity index (χ1v) is 9.20. The lowest BCUT2D eigenvalue weighted by Crippen LogP contribution is -2.50. The number of benzene rings is 3. The molecule has 4 heteroatoms. The van der Waals surface area contributed by atoms with E-state index in [2.05, 4.69) is 5.32 Å². The van der Waals surface area contributed by atoms with Crippen molar-refractivity contribution in [2.45, 2.75) is 24.8 Å². The minimum absolute atomic E-state index is 0.224. The summed E-state index contributed by atoms with van der Waals surface area (Å²) < 4.78 is 0. The molecule has 0 aliphatic heterocycles. The number of hydrogen-bond acceptors (Lipinski definition) is 2. The van der Waals surface area contributed by atoms with E-state index in [4.69, 9.17) is 0 Å². The molecule has 0 fully saturated rings. The molecule has 1 atom stereocenters. The van der Waals surface area contributed by atoms with Crippen molar-refractivity contribution in [1.29, 1.82) is 0 Å². The quantitative estimate of drug-likeness (QED) is 0.662. The molecule has 0 aliphatic carbocycles. The van der Waals surface area contributed by atoms with Crippen LogP contribution in [0.5, 0.6) is 0 Å². The SMILES string of the molecule is CC(C(=O)N[C@@H](Cc1ccccc1)C(=O)O)(c1ccccc1)c1ccccc1. The van der Waals surface area contributed by atoms with Crippen molar-refractivity contribution >= 4 is 11.9 Å². The maximum absolute atomic E-state index is 13.4. The molecule has 0 aromatic heterocycles. The number of carboxylic acid groups (broad SMARTS) is 1. The van der Waals surface area contributed by atoms with Crippen LogP contribution in [0, 0.1) is 0 Å². The molecule has 0 aliphatic rings. The van der Waals surface area contributed by atoms with Crippen LogP contribution in [0.1, 0.15) is 23.6 Å². The van der Waals surface area contributed by atoms with Gasteiger partial charge in [0.2, 0.25) is 5.91 Å². The molecule has 1 amide bonds. The van der Waals surface area contributed by atoms with Gasteiger partial charge in [-0.25, -0.2) is 4.79 Å². The van der Waals surface area contributed by atoms with Crippen molar-refractivity contribution in [3.63, 3.8) is 0 Å². The van der Waals surface area contributed by atoms with Crippen LogP contribution in [-0.2, 0) is 21.4 Å². The van der Waals surface area contributed by atoms with Gasteiger partial charge < -0.3 is 10.4 Å². The fourth-order valence-corrected chi connectivity index (χ4v) is 3.32. The highest BCUT2D eigenvalue weighted by Crippen LogP contribution is 2.32. The Morgan fingerprint density at radius 1 is 0.821 bits per heavy atom. The number of amides is 1. The minimum atomic E-state index is -1.05. The third kappa shape index (κ3) is 4.12. The molecule has 0 spiro atoms. The first kappa shape index (κ1) is 19.4. The van der Waals surface area contributed by atoms with Gasteiger partial charge in [-0.05, 0) is 23.6 Å². The number of aliphatic carboxylic acids is 1. The first-order chi connectivity index (χ1) is 13.5. The Morgan fingerprint density at radius 2 is 1.25 bits per heavy atom. The van der Waals surface area contributed by atoms with Gasteiger partial charge in [-0.15, -0.1) is 0 Å². The molecule has 2 N–H and O–H groups in total. The molecule has 0 saturated carbocycles. The van der Waals surface area contributed by atoms with E-state index in [0.29, 0.717) is 0 Å². The molecule has 142 valence electrons. The fourth-order valence-electron chi connectivity index (χ4n) is 3.32. The van der Waals surface area contributed by atoms with E-state index in [9.17, 15) is 14.7 Å².